The Balaban J connectivity index is 1.57. The number of halogens is 1. The molecule has 4 atom stereocenters. The Kier molecular flexibility index (Phi) is 4.42. The van der Waals surface area contributed by atoms with E-state index in [1.165, 1.54) is 12.0 Å². The third-order valence-electron chi connectivity index (χ3n) is 7.84. The van der Waals surface area contributed by atoms with E-state index in [0.717, 1.165) is 24.1 Å². The minimum atomic E-state index is -1.16. The summed E-state index contributed by atoms with van der Waals surface area (Å²) in [4.78, 5) is 47.3. The minimum Gasteiger partial charge on any atom is -0.495 e. The summed E-state index contributed by atoms with van der Waals surface area (Å²) in [5.41, 5.74) is 0.832. The van der Waals surface area contributed by atoms with Crippen LogP contribution in [0.25, 0.3) is 0 Å². The number of anilines is 2. The van der Waals surface area contributed by atoms with Gasteiger partial charge in [0.05, 0.1) is 24.6 Å². The smallest absolute Gasteiger partial charge is 0.253 e. The van der Waals surface area contributed by atoms with E-state index in [4.69, 9.17) is 16.3 Å². The van der Waals surface area contributed by atoms with E-state index in [1.807, 2.05) is 31.2 Å². The van der Waals surface area contributed by atoms with E-state index >= 15 is 0 Å². The lowest BCUT2D eigenvalue weighted by molar-refractivity contribution is -0.137. The van der Waals surface area contributed by atoms with Gasteiger partial charge >= 0.3 is 0 Å². The first-order chi connectivity index (χ1) is 16.0. The van der Waals surface area contributed by atoms with Crippen molar-refractivity contribution >= 4 is 40.7 Å². The van der Waals surface area contributed by atoms with Crippen LogP contribution >= 0.6 is 11.6 Å². The summed E-state index contributed by atoms with van der Waals surface area (Å²) in [7, 11) is 1.49. The lowest BCUT2D eigenvalue weighted by atomic mass is 9.75. The molecule has 0 bridgehead atoms. The van der Waals surface area contributed by atoms with Gasteiger partial charge in [-0.25, -0.2) is 4.90 Å². The standard InChI is InChI=1S/C25H24ClN3O4/c1-3-27-16-8-5-4-7-15(16)25(24(27)32)21-20(17-9-6-12-28(17)25)22(30)29(23(21)31)18-13-14(26)10-11-19(18)33-2/h4-5,7-8,10-11,13,17,20-21H,3,6,9,12H2,1-2H3/t17-,20-,21-,25+/m1/s1. The van der Waals surface area contributed by atoms with Crippen molar-refractivity contribution in [2.45, 2.75) is 31.3 Å². The predicted molar refractivity (Wildman–Crippen MR) is 123 cm³/mol. The van der Waals surface area contributed by atoms with Gasteiger partial charge in [0, 0.05) is 28.9 Å². The Morgan fingerprint density at radius 2 is 1.88 bits per heavy atom. The average molecular weight is 466 g/mol. The molecule has 1 spiro atoms. The highest BCUT2D eigenvalue weighted by Gasteiger charge is 2.75. The van der Waals surface area contributed by atoms with Gasteiger partial charge < -0.3 is 9.64 Å². The quantitative estimate of drug-likeness (QED) is 0.651. The fraction of sp³-hybridized carbons (Fsp3) is 0.400. The van der Waals surface area contributed by atoms with Crippen molar-refractivity contribution in [3.05, 3.63) is 53.1 Å². The van der Waals surface area contributed by atoms with E-state index in [9.17, 15) is 14.4 Å². The van der Waals surface area contributed by atoms with Crippen LogP contribution in [0.1, 0.15) is 25.3 Å². The van der Waals surface area contributed by atoms with Crippen LogP contribution in [0.3, 0.4) is 0 Å². The summed E-state index contributed by atoms with van der Waals surface area (Å²) in [5, 5.41) is 0.403. The first-order valence-electron chi connectivity index (χ1n) is 11.4. The van der Waals surface area contributed by atoms with Crippen LogP contribution in [-0.4, -0.2) is 48.9 Å². The Morgan fingerprint density at radius 3 is 2.64 bits per heavy atom. The fourth-order valence-electron chi connectivity index (χ4n) is 6.73. The molecule has 0 radical (unpaired) electrons. The van der Waals surface area contributed by atoms with E-state index in [2.05, 4.69) is 4.90 Å². The number of rotatable bonds is 3. The molecule has 3 fully saturated rings. The van der Waals surface area contributed by atoms with Crippen molar-refractivity contribution in [2.24, 2.45) is 11.8 Å². The van der Waals surface area contributed by atoms with Gasteiger partial charge in [-0.3, -0.25) is 19.3 Å². The second-order valence-corrected chi connectivity index (χ2v) is 9.50. The van der Waals surface area contributed by atoms with Crippen molar-refractivity contribution < 1.29 is 19.1 Å². The number of para-hydroxylation sites is 1. The highest BCUT2D eigenvalue weighted by atomic mass is 35.5. The summed E-state index contributed by atoms with van der Waals surface area (Å²) in [6.07, 6.45) is 1.67. The Hall–Kier alpha value is -2.90. The molecule has 0 aliphatic carbocycles. The zero-order chi connectivity index (χ0) is 23.1. The Bertz CT molecular complexity index is 1220. The van der Waals surface area contributed by atoms with Crippen LogP contribution < -0.4 is 14.5 Å². The van der Waals surface area contributed by atoms with Gasteiger partial charge in [-0.15, -0.1) is 0 Å². The average Bonchev–Trinajstić information content (AvgIpc) is 3.51. The maximum absolute atomic E-state index is 14.1. The van der Waals surface area contributed by atoms with Crippen LogP contribution in [0.15, 0.2) is 42.5 Å². The summed E-state index contributed by atoms with van der Waals surface area (Å²) in [5.74, 6) is -1.72. The van der Waals surface area contributed by atoms with Gasteiger partial charge in [0.2, 0.25) is 11.8 Å². The van der Waals surface area contributed by atoms with Gasteiger partial charge in [-0.1, -0.05) is 29.8 Å². The lowest BCUT2D eigenvalue weighted by Gasteiger charge is -2.37. The van der Waals surface area contributed by atoms with Crippen LogP contribution in [0.2, 0.25) is 5.02 Å². The van der Waals surface area contributed by atoms with E-state index in [-0.39, 0.29) is 23.8 Å². The maximum Gasteiger partial charge on any atom is 0.253 e. The molecule has 6 rings (SSSR count). The van der Waals surface area contributed by atoms with Gasteiger partial charge in [0.15, 0.2) is 0 Å². The zero-order valence-corrected chi connectivity index (χ0v) is 19.2. The number of ether oxygens (including phenoxy) is 1. The molecule has 2 aromatic carbocycles. The van der Waals surface area contributed by atoms with Crippen LogP contribution in [0, 0.1) is 11.8 Å². The molecule has 170 valence electrons. The Labute approximate surface area is 196 Å². The number of imide groups is 1. The highest BCUT2D eigenvalue weighted by molar-refractivity contribution is 6.32. The molecule has 0 aromatic heterocycles. The van der Waals surface area contributed by atoms with E-state index in [0.29, 0.717) is 29.5 Å². The molecule has 3 amide bonds. The maximum atomic E-state index is 14.1. The number of likely N-dealkylation sites (N-methyl/N-ethyl adjacent to an activating group) is 1. The monoisotopic (exact) mass is 465 g/mol. The number of benzene rings is 2. The SMILES string of the molecule is CCN1C(=O)[C@]2(c3ccccc31)[C@H]1C(=O)N(c3cc(Cl)ccc3OC)C(=O)[C@@H]1[C@H]1CCCN12. The number of methoxy groups -OCH3 is 1. The molecule has 33 heavy (non-hydrogen) atoms. The number of carbonyl (C=O) groups is 3. The van der Waals surface area contributed by atoms with Gasteiger partial charge in [-0.2, -0.15) is 0 Å². The van der Waals surface area contributed by atoms with Crippen molar-refractivity contribution in [1.29, 1.82) is 0 Å². The number of fused-ring (bicyclic) bond motifs is 7. The number of carbonyl (C=O) groups excluding carboxylic acids is 3. The normalized spacial score (nSPS) is 30.4. The number of amides is 3. The summed E-state index contributed by atoms with van der Waals surface area (Å²) in [6.45, 7) is 3.13. The molecule has 8 heteroatoms. The predicted octanol–water partition coefficient (Wildman–Crippen LogP) is 3.19. The van der Waals surface area contributed by atoms with Gasteiger partial charge in [0.25, 0.3) is 5.91 Å². The van der Waals surface area contributed by atoms with Gasteiger partial charge in [0.1, 0.15) is 11.3 Å². The summed E-state index contributed by atoms with van der Waals surface area (Å²) < 4.78 is 5.46. The third kappa shape index (κ3) is 2.36. The second kappa shape index (κ2) is 7.05. The third-order valence-corrected chi connectivity index (χ3v) is 8.08. The fourth-order valence-corrected chi connectivity index (χ4v) is 6.90. The number of hydrogen-bond donors (Lipinski definition) is 0. The van der Waals surface area contributed by atoms with Crippen molar-refractivity contribution in [3.63, 3.8) is 0 Å². The molecule has 0 saturated carbocycles. The van der Waals surface area contributed by atoms with Crippen molar-refractivity contribution in [1.82, 2.24) is 4.90 Å². The topological polar surface area (TPSA) is 70.2 Å². The first kappa shape index (κ1) is 20.7. The zero-order valence-electron chi connectivity index (χ0n) is 18.5. The molecule has 7 nitrogen and oxygen atoms in total. The van der Waals surface area contributed by atoms with Crippen molar-refractivity contribution in [3.8, 4) is 5.75 Å². The molecule has 0 N–H and O–H groups in total. The van der Waals surface area contributed by atoms with E-state index < -0.39 is 17.4 Å². The number of nitrogens with zero attached hydrogens (tertiary/aromatic N) is 3. The largest absolute Gasteiger partial charge is 0.495 e. The molecule has 4 aliphatic heterocycles. The van der Waals surface area contributed by atoms with Crippen LogP contribution in [-0.2, 0) is 19.9 Å². The molecular weight excluding hydrogens is 442 g/mol. The van der Waals surface area contributed by atoms with Gasteiger partial charge in [-0.05, 0) is 50.6 Å². The molecule has 0 unspecified atom stereocenters. The highest BCUT2D eigenvalue weighted by Crippen LogP contribution is 2.62. The second-order valence-electron chi connectivity index (χ2n) is 9.07. The lowest BCUT2D eigenvalue weighted by Crippen LogP contribution is -2.56. The van der Waals surface area contributed by atoms with Crippen LogP contribution in [0.5, 0.6) is 5.75 Å². The summed E-state index contributed by atoms with van der Waals surface area (Å²) >= 11 is 6.23. The first-order valence-corrected chi connectivity index (χ1v) is 11.7. The molecular formula is C25H24ClN3O4. The molecule has 3 saturated heterocycles. The Morgan fingerprint density at radius 1 is 1.09 bits per heavy atom. The van der Waals surface area contributed by atoms with E-state index in [1.54, 1.807) is 23.1 Å². The van der Waals surface area contributed by atoms with Crippen LogP contribution in [0.4, 0.5) is 11.4 Å². The minimum absolute atomic E-state index is 0.105. The molecule has 4 aliphatic rings. The molecule has 2 aromatic rings. The number of hydrogen-bond acceptors (Lipinski definition) is 5. The summed E-state index contributed by atoms with van der Waals surface area (Å²) in [6, 6.07) is 12.4. The molecule has 4 heterocycles. The van der Waals surface area contributed by atoms with Crippen molar-refractivity contribution in [2.75, 3.05) is 30.0 Å².